The van der Waals surface area contributed by atoms with Crippen LogP contribution in [-0.4, -0.2) is 24.6 Å². The summed E-state index contributed by atoms with van der Waals surface area (Å²) in [7, 11) is 1.68. The summed E-state index contributed by atoms with van der Waals surface area (Å²) in [5, 5.41) is 6.44. The van der Waals surface area contributed by atoms with Crippen LogP contribution in [0.4, 0.5) is 8.78 Å². The first-order chi connectivity index (χ1) is 9.31. The molecule has 1 aliphatic rings. The van der Waals surface area contributed by atoms with Gasteiger partial charge in [-0.15, -0.1) is 0 Å². The summed E-state index contributed by atoms with van der Waals surface area (Å²) < 4.78 is 27.4. The first-order valence-electron chi connectivity index (χ1n) is 6.77. The average Bonchev–Trinajstić information content (AvgIpc) is 3.05. The SMILES string of the molecule is CN=C(NC1CC1c1c(F)cccc1F)NC(C)(C)C. The maximum atomic E-state index is 13.7. The van der Waals surface area contributed by atoms with Crippen LogP contribution >= 0.6 is 0 Å². The van der Waals surface area contributed by atoms with Crippen molar-refractivity contribution in [3.63, 3.8) is 0 Å². The van der Waals surface area contributed by atoms with Gasteiger partial charge in [0, 0.05) is 30.1 Å². The fourth-order valence-electron chi connectivity index (χ4n) is 2.23. The molecule has 1 aliphatic carbocycles. The van der Waals surface area contributed by atoms with Crippen molar-refractivity contribution in [1.29, 1.82) is 0 Å². The van der Waals surface area contributed by atoms with Crippen LogP contribution in [0.5, 0.6) is 0 Å². The number of nitrogens with one attached hydrogen (secondary N) is 2. The van der Waals surface area contributed by atoms with Crippen LogP contribution in [0.2, 0.25) is 0 Å². The third-order valence-corrected chi connectivity index (χ3v) is 3.20. The molecule has 2 unspecified atom stereocenters. The Balaban J connectivity index is 2.02. The van der Waals surface area contributed by atoms with Gasteiger partial charge in [0.1, 0.15) is 11.6 Å². The molecular weight excluding hydrogens is 260 g/mol. The summed E-state index contributed by atoms with van der Waals surface area (Å²) >= 11 is 0. The predicted octanol–water partition coefficient (Wildman–Crippen LogP) is 2.78. The average molecular weight is 281 g/mol. The molecule has 2 rings (SSSR count). The van der Waals surface area contributed by atoms with Gasteiger partial charge in [0.25, 0.3) is 0 Å². The number of halogens is 2. The van der Waals surface area contributed by atoms with E-state index in [4.69, 9.17) is 0 Å². The molecule has 5 heteroatoms. The van der Waals surface area contributed by atoms with Gasteiger partial charge in [0.05, 0.1) is 0 Å². The van der Waals surface area contributed by atoms with Crippen LogP contribution < -0.4 is 10.6 Å². The summed E-state index contributed by atoms with van der Waals surface area (Å²) in [5.41, 5.74) is 0.0614. The molecule has 3 nitrogen and oxygen atoms in total. The van der Waals surface area contributed by atoms with E-state index in [0.29, 0.717) is 12.4 Å². The molecule has 1 saturated carbocycles. The highest BCUT2D eigenvalue weighted by Crippen LogP contribution is 2.43. The minimum absolute atomic E-state index is 0.0231. The second kappa shape index (κ2) is 5.38. The van der Waals surface area contributed by atoms with Crippen LogP contribution in [-0.2, 0) is 0 Å². The van der Waals surface area contributed by atoms with Crippen molar-refractivity contribution in [1.82, 2.24) is 10.6 Å². The summed E-state index contributed by atoms with van der Waals surface area (Å²) in [6.45, 7) is 6.09. The maximum Gasteiger partial charge on any atom is 0.191 e. The lowest BCUT2D eigenvalue weighted by Crippen LogP contribution is -2.48. The molecule has 0 heterocycles. The molecule has 0 aliphatic heterocycles. The Hall–Kier alpha value is -1.65. The third-order valence-electron chi connectivity index (χ3n) is 3.20. The Bertz CT molecular complexity index is 500. The van der Waals surface area contributed by atoms with Crippen molar-refractivity contribution in [3.05, 3.63) is 35.4 Å². The fraction of sp³-hybridized carbons (Fsp3) is 0.533. The van der Waals surface area contributed by atoms with Gasteiger partial charge in [0.15, 0.2) is 5.96 Å². The lowest BCUT2D eigenvalue weighted by molar-refractivity contribution is 0.500. The van der Waals surface area contributed by atoms with E-state index in [1.807, 2.05) is 20.8 Å². The van der Waals surface area contributed by atoms with Crippen LogP contribution in [0.3, 0.4) is 0 Å². The molecule has 1 aromatic rings. The number of benzene rings is 1. The highest BCUT2D eigenvalue weighted by atomic mass is 19.1. The third kappa shape index (κ3) is 3.46. The molecular formula is C15H21F2N3. The number of aliphatic imine (C=N–C) groups is 1. The smallest absolute Gasteiger partial charge is 0.191 e. The van der Waals surface area contributed by atoms with Gasteiger partial charge in [-0.1, -0.05) is 6.07 Å². The van der Waals surface area contributed by atoms with Gasteiger partial charge in [-0.2, -0.15) is 0 Å². The first-order valence-corrected chi connectivity index (χ1v) is 6.77. The van der Waals surface area contributed by atoms with Crippen molar-refractivity contribution >= 4 is 5.96 Å². The first kappa shape index (κ1) is 14.8. The number of guanidine groups is 1. The van der Waals surface area contributed by atoms with E-state index in [-0.39, 0.29) is 23.1 Å². The lowest BCUT2D eigenvalue weighted by atomic mass is 10.1. The Morgan fingerprint density at radius 1 is 1.25 bits per heavy atom. The Morgan fingerprint density at radius 3 is 2.35 bits per heavy atom. The minimum atomic E-state index is -0.474. The maximum absolute atomic E-state index is 13.7. The topological polar surface area (TPSA) is 36.4 Å². The molecule has 2 N–H and O–H groups in total. The van der Waals surface area contributed by atoms with E-state index in [1.54, 1.807) is 7.05 Å². The summed E-state index contributed by atoms with van der Waals surface area (Å²) in [4.78, 5) is 4.13. The quantitative estimate of drug-likeness (QED) is 0.646. The minimum Gasteiger partial charge on any atom is -0.353 e. The molecule has 2 atom stereocenters. The number of rotatable bonds is 2. The monoisotopic (exact) mass is 281 g/mol. The molecule has 0 amide bonds. The number of hydrogen-bond donors (Lipinski definition) is 2. The van der Waals surface area contributed by atoms with Gasteiger partial charge in [0.2, 0.25) is 0 Å². The zero-order valence-electron chi connectivity index (χ0n) is 12.3. The Morgan fingerprint density at radius 2 is 1.85 bits per heavy atom. The highest BCUT2D eigenvalue weighted by molar-refractivity contribution is 5.81. The number of nitrogens with zero attached hydrogens (tertiary/aromatic N) is 1. The van der Waals surface area contributed by atoms with Crippen molar-refractivity contribution < 1.29 is 8.78 Å². The van der Waals surface area contributed by atoms with E-state index >= 15 is 0 Å². The Kier molecular flexibility index (Phi) is 3.97. The van der Waals surface area contributed by atoms with E-state index < -0.39 is 11.6 Å². The summed E-state index contributed by atoms with van der Waals surface area (Å²) in [6, 6.07) is 4.01. The molecule has 0 saturated heterocycles. The van der Waals surface area contributed by atoms with Crippen molar-refractivity contribution in [2.45, 2.75) is 44.7 Å². The zero-order chi connectivity index (χ0) is 14.9. The van der Waals surface area contributed by atoms with Gasteiger partial charge >= 0.3 is 0 Å². The normalized spacial score (nSPS) is 22.6. The summed E-state index contributed by atoms with van der Waals surface area (Å²) in [6.07, 6.45) is 0.711. The van der Waals surface area contributed by atoms with Crippen LogP contribution in [0.15, 0.2) is 23.2 Å². The highest BCUT2D eigenvalue weighted by Gasteiger charge is 2.42. The van der Waals surface area contributed by atoms with E-state index in [9.17, 15) is 8.78 Å². The van der Waals surface area contributed by atoms with Gasteiger partial charge in [-0.05, 0) is 39.3 Å². The molecule has 0 radical (unpaired) electrons. The van der Waals surface area contributed by atoms with E-state index in [0.717, 1.165) is 0 Å². The number of hydrogen-bond acceptors (Lipinski definition) is 1. The van der Waals surface area contributed by atoms with Crippen molar-refractivity contribution in [2.24, 2.45) is 4.99 Å². The van der Waals surface area contributed by atoms with Crippen molar-refractivity contribution in [2.75, 3.05) is 7.05 Å². The van der Waals surface area contributed by atoms with Crippen LogP contribution in [0, 0.1) is 11.6 Å². The van der Waals surface area contributed by atoms with Gasteiger partial charge in [-0.25, -0.2) is 8.78 Å². The largest absolute Gasteiger partial charge is 0.353 e. The van der Waals surface area contributed by atoms with Gasteiger partial charge < -0.3 is 10.6 Å². The zero-order valence-corrected chi connectivity index (χ0v) is 12.3. The molecule has 1 fully saturated rings. The van der Waals surface area contributed by atoms with Crippen molar-refractivity contribution in [3.8, 4) is 0 Å². The molecule has 0 aromatic heterocycles. The van der Waals surface area contributed by atoms with E-state index in [2.05, 4.69) is 15.6 Å². The van der Waals surface area contributed by atoms with Crippen LogP contribution in [0.1, 0.15) is 38.7 Å². The van der Waals surface area contributed by atoms with Gasteiger partial charge in [-0.3, -0.25) is 4.99 Å². The van der Waals surface area contributed by atoms with E-state index in [1.165, 1.54) is 18.2 Å². The standard InChI is InChI=1S/C15H21F2N3/c1-15(2,3)20-14(18-4)19-12-8-9(12)13-10(16)6-5-7-11(13)17/h5-7,9,12H,8H2,1-4H3,(H2,18,19,20). The summed E-state index contributed by atoms with van der Waals surface area (Å²) in [5.74, 6) is -0.424. The molecule has 0 spiro atoms. The predicted molar refractivity (Wildman–Crippen MR) is 76.9 cm³/mol. The Labute approximate surface area is 118 Å². The molecule has 0 bridgehead atoms. The van der Waals surface area contributed by atoms with Crippen LogP contribution in [0.25, 0.3) is 0 Å². The molecule has 1 aromatic carbocycles. The molecule has 110 valence electrons. The lowest BCUT2D eigenvalue weighted by Gasteiger charge is -2.23. The second-order valence-electron chi connectivity index (χ2n) is 6.18. The molecule has 20 heavy (non-hydrogen) atoms. The fourth-order valence-corrected chi connectivity index (χ4v) is 2.23. The second-order valence-corrected chi connectivity index (χ2v) is 6.18.